The number of morpholine rings is 2. The molecule has 0 amide bonds. The topological polar surface area (TPSA) is 48.7 Å². The Balaban J connectivity index is 1.73. The van der Waals surface area contributed by atoms with Gasteiger partial charge in [0, 0.05) is 32.7 Å². The fourth-order valence-electron chi connectivity index (χ4n) is 2.12. The van der Waals surface area contributed by atoms with E-state index in [1.807, 2.05) is 0 Å². The molecule has 2 saturated heterocycles. The lowest BCUT2D eigenvalue weighted by atomic mass is 10.2. The highest BCUT2D eigenvalue weighted by molar-refractivity contribution is 4.93. The van der Waals surface area contributed by atoms with Crippen LogP contribution in [0.1, 0.15) is 0 Å². The van der Waals surface area contributed by atoms with Crippen LogP contribution in [0.3, 0.4) is 0 Å². The van der Waals surface area contributed by atoms with Gasteiger partial charge in [0.15, 0.2) is 0 Å². The van der Waals surface area contributed by atoms with E-state index in [1.165, 1.54) is 0 Å². The van der Waals surface area contributed by atoms with E-state index in [9.17, 15) is 0 Å². The number of hydrogen-bond donors (Lipinski definition) is 0. The Hall–Kier alpha value is -0.670. The molecule has 0 radical (unpaired) electrons. The summed E-state index contributed by atoms with van der Waals surface area (Å²) < 4.78 is 10.6. The zero-order chi connectivity index (χ0) is 11.2. The van der Waals surface area contributed by atoms with E-state index >= 15 is 0 Å². The predicted molar refractivity (Wildman–Crippen MR) is 59.1 cm³/mol. The zero-order valence-electron chi connectivity index (χ0n) is 9.60. The summed E-state index contributed by atoms with van der Waals surface area (Å²) >= 11 is 0. The van der Waals surface area contributed by atoms with Crippen LogP contribution >= 0.6 is 0 Å². The second-order valence-electron chi connectivity index (χ2n) is 4.21. The molecule has 5 heteroatoms. The minimum atomic E-state index is -0.0604. The summed E-state index contributed by atoms with van der Waals surface area (Å²) in [5.74, 6) is 0. The van der Waals surface area contributed by atoms with E-state index < -0.39 is 0 Å². The summed E-state index contributed by atoms with van der Waals surface area (Å²) in [5, 5.41) is 8.99. The van der Waals surface area contributed by atoms with Crippen LogP contribution in [0.2, 0.25) is 0 Å². The van der Waals surface area contributed by atoms with Crippen molar-refractivity contribution < 1.29 is 9.47 Å². The van der Waals surface area contributed by atoms with Crippen molar-refractivity contribution in [2.45, 2.75) is 6.04 Å². The molecule has 0 aromatic carbocycles. The number of nitriles is 1. The molecular weight excluding hydrogens is 206 g/mol. The van der Waals surface area contributed by atoms with E-state index in [2.05, 4.69) is 15.9 Å². The number of nitrogens with zero attached hydrogens (tertiary/aromatic N) is 3. The van der Waals surface area contributed by atoms with Gasteiger partial charge in [-0.15, -0.1) is 0 Å². The zero-order valence-corrected chi connectivity index (χ0v) is 9.60. The van der Waals surface area contributed by atoms with Crippen LogP contribution in [0.4, 0.5) is 0 Å². The fraction of sp³-hybridized carbons (Fsp3) is 0.909. The number of hydrogen-bond acceptors (Lipinski definition) is 5. The van der Waals surface area contributed by atoms with Crippen LogP contribution < -0.4 is 0 Å². The summed E-state index contributed by atoms with van der Waals surface area (Å²) in [5.41, 5.74) is 0. The second kappa shape index (κ2) is 6.16. The summed E-state index contributed by atoms with van der Waals surface area (Å²) in [6.07, 6.45) is 0. The molecule has 0 aromatic heterocycles. The largest absolute Gasteiger partial charge is 0.379 e. The smallest absolute Gasteiger partial charge is 0.121 e. The van der Waals surface area contributed by atoms with Gasteiger partial charge in [0.05, 0.1) is 32.5 Å². The highest BCUT2D eigenvalue weighted by atomic mass is 16.5. The normalized spacial score (nSPS) is 28.8. The van der Waals surface area contributed by atoms with Gasteiger partial charge < -0.3 is 9.47 Å². The van der Waals surface area contributed by atoms with Gasteiger partial charge in [-0.05, 0) is 0 Å². The number of ether oxygens (including phenoxy) is 2. The molecular formula is C11H19N3O2. The Morgan fingerprint density at radius 2 is 1.81 bits per heavy atom. The van der Waals surface area contributed by atoms with Gasteiger partial charge in [0.25, 0.3) is 0 Å². The van der Waals surface area contributed by atoms with Crippen molar-refractivity contribution in [2.75, 3.05) is 59.2 Å². The molecule has 2 heterocycles. The van der Waals surface area contributed by atoms with E-state index in [0.29, 0.717) is 6.61 Å². The van der Waals surface area contributed by atoms with Crippen molar-refractivity contribution in [3.8, 4) is 6.07 Å². The molecule has 5 nitrogen and oxygen atoms in total. The van der Waals surface area contributed by atoms with Crippen LogP contribution in [0.5, 0.6) is 0 Å². The fourth-order valence-corrected chi connectivity index (χ4v) is 2.12. The minimum absolute atomic E-state index is 0.0604. The van der Waals surface area contributed by atoms with Gasteiger partial charge >= 0.3 is 0 Å². The summed E-state index contributed by atoms with van der Waals surface area (Å²) in [6, 6.07) is 2.24. The van der Waals surface area contributed by atoms with Crippen LogP contribution in [0.15, 0.2) is 0 Å². The van der Waals surface area contributed by atoms with Gasteiger partial charge in [-0.25, -0.2) is 0 Å². The lowest BCUT2D eigenvalue weighted by Crippen LogP contribution is -2.49. The van der Waals surface area contributed by atoms with Crippen LogP contribution in [-0.4, -0.2) is 75.0 Å². The maximum Gasteiger partial charge on any atom is 0.121 e. The van der Waals surface area contributed by atoms with Gasteiger partial charge in [-0.2, -0.15) is 5.26 Å². The first kappa shape index (κ1) is 11.8. The van der Waals surface area contributed by atoms with E-state index in [-0.39, 0.29) is 6.04 Å². The maximum atomic E-state index is 8.99. The van der Waals surface area contributed by atoms with Crippen LogP contribution in [0.25, 0.3) is 0 Å². The predicted octanol–water partition coefficient (Wildman–Crippen LogP) is -0.457. The average molecular weight is 225 g/mol. The molecule has 2 rings (SSSR count). The highest BCUT2D eigenvalue weighted by Gasteiger charge is 2.23. The van der Waals surface area contributed by atoms with Crippen LogP contribution in [0, 0.1) is 11.3 Å². The minimum Gasteiger partial charge on any atom is -0.379 e. The van der Waals surface area contributed by atoms with E-state index in [1.54, 1.807) is 0 Å². The number of rotatable bonds is 3. The Morgan fingerprint density at radius 1 is 1.06 bits per heavy atom. The highest BCUT2D eigenvalue weighted by Crippen LogP contribution is 2.06. The van der Waals surface area contributed by atoms with E-state index in [0.717, 1.165) is 52.5 Å². The van der Waals surface area contributed by atoms with Crippen LogP contribution in [-0.2, 0) is 9.47 Å². The molecule has 2 fully saturated rings. The Bertz CT molecular complexity index is 248. The third-order valence-corrected chi connectivity index (χ3v) is 3.20. The lowest BCUT2D eigenvalue weighted by Gasteiger charge is -2.34. The molecule has 0 aromatic rings. The molecule has 0 spiro atoms. The molecule has 2 aliphatic rings. The molecule has 0 aliphatic carbocycles. The molecule has 90 valence electrons. The third-order valence-electron chi connectivity index (χ3n) is 3.20. The Kier molecular flexibility index (Phi) is 4.55. The summed E-state index contributed by atoms with van der Waals surface area (Å²) in [6.45, 7) is 7.88. The van der Waals surface area contributed by atoms with Gasteiger partial charge in [-0.1, -0.05) is 0 Å². The van der Waals surface area contributed by atoms with Crippen molar-refractivity contribution in [1.82, 2.24) is 9.80 Å². The lowest BCUT2D eigenvalue weighted by molar-refractivity contribution is -0.00235. The Labute approximate surface area is 96.5 Å². The SMILES string of the molecule is N#CC1COCCN1CCN1CCOCC1. The van der Waals surface area contributed by atoms with Crippen molar-refractivity contribution in [3.05, 3.63) is 0 Å². The molecule has 0 saturated carbocycles. The third kappa shape index (κ3) is 3.16. The first-order chi connectivity index (χ1) is 7.90. The van der Waals surface area contributed by atoms with Gasteiger partial charge in [0.2, 0.25) is 0 Å². The standard InChI is InChI=1S/C11H19N3O2/c12-9-11-10-16-8-5-14(11)2-1-13-3-6-15-7-4-13/h11H,1-8,10H2. The van der Waals surface area contributed by atoms with Crippen molar-refractivity contribution in [2.24, 2.45) is 0 Å². The first-order valence-electron chi connectivity index (χ1n) is 5.91. The molecule has 1 atom stereocenters. The van der Waals surface area contributed by atoms with Crippen molar-refractivity contribution in [1.29, 1.82) is 5.26 Å². The molecule has 0 bridgehead atoms. The molecule has 1 unspecified atom stereocenters. The second-order valence-corrected chi connectivity index (χ2v) is 4.21. The quantitative estimate of drug-likeness (QED) is 0.650. The summed E-state index contributed by atoms with van der Waals surface area (Å²) in [4.78, 5) is 4.62. The first-order valence-corrected chi connectivity index (χ1v) is 5.91. The van der Waals surface area contributed by atoms with Crippen molar-refractivity contribution >= 4 is 0 Å². The Morgan fingerprint density at radius 3 is 2.56 bits per heavy atom. The van der Waals surface area contributed by atoms with Gasteiger partial charge in [0.1, 0.15) is 6.04 Å². The average Bonchev–Trinajstić information content (AvgIpc) is 2.38. The molecule has 2 aliphatic heterocycles. The van der Waals surface area contributed by atoms with E-state index in [4.69, 9.17) is 14.7 Å². The molecule has 16 heavy (non-hydrogen) atoms. The van der Waals surface area contributed by atoms with Gasteiger partial charge in [-0.3, -0.25) is 9.80 Å². The van der Waals surface area contributed by atoms with Crippen molar-refractivity contribution in [3.63, 3.8) is 0 Å². The molecule has 0 N–H and O–H groups in total. The maximum absolute atomic E-state index is 8.99. The summed E-state index contributed by atoms with van der Waals surface area (Å²) in [7, 11) is 0. The monoisotopic (exact) mass is 225 g/mol.